The van der Waals surface area contributed by atoms with Gasteiger partial charge in [-0.25, -0.2) is 8.78 Å². The largest absolute Gasteiger partial charge is 0.319 e. The molecule has 0 aliphatic rings. The van der Waals surface area contributed by atoms with Crippen molar-refractivity contribution < 1.29 is 17.6 Å². The van der Waals surface area contributed by atoms with Crippen LogP contribution in [0.3, 0.4) is 0 Å². The van der Waals surface area contributed by atoms with E-state index in [2.05, 4.69) is 5.32 Å². The molecular formula is C10H10ClF4N. The van der Waals surface area contributed by atoms with Gasteiger partial charge in [0.1, 0.15) is 0 Å². The fourth-order valence-electron chi connectivity index (χ4n) is 1.10. The van der Waals surface area contributed by atoms with Crippen LogP contribution in [-0.2, 0) is 6.54 Å². The summed E-state index contributed by atoms with van der Waals surface area (Å²) in [5.74, 6) is -4.00. The van der Waals surface area contributed by atoms with E-state index in [-0.39, 0.29) is 6.54 Å². The minimum atomic E-state index is -4.00. The van der Waals surface area contributed by atoms with Crippen molar-refractivity contribution >= 4 is 11.6 Å². The van der Waals surface area contributed by atoms with Gasteiger partial charge < -0.3 is 5.32 Å². The Balaban J connectivity index is 2.42. The lowest BCUT2D eigenvalue weighted by Gasteiger charge is -2.15. The van der Waals surface area contributed by atoms with Crippen LogP contribution in [0.5, 0.6) is 0 Å². The Kier molecular flexibility index (Phi) is 4.56. The average molecular weight is 256 g/mol. The van der Waals surface area contributed by atoms with Crippen molar-refractivity contribution in [3.63, 3.8) is 0 Å². The zero-order valence-electron chi connectivity index (χ0n) is 8.19. The molecule has 1 aromatic rings. The summed E-state index contributed by atoms with van der Waals surface area (Å²) in [5.41, 5.74) is 0.664. The molecule has 16 heavy (non-hydrogen) atoms. The Morgan fingerprint density at radius 2 is 2.00 bits per heavy atom. The first-order valence-electron chi connectivity index (χ1n) is 4.53. The van der Waals surface area contributed by atoms with Gasteiger partial charge in [-0.1, -0.05) is 23.7 Å². The summed E-state index contributed by atoms with van der Waals surface area (Å²) in [6, 6.07) is 6.54. The highest BCUT2D eigenvalue weighted by Gasteiger charge is 2.39. The summed E-state index contributed by atoms with van der Waals surface area (Å²) in [4.78, 5) is 0. The normalized spacial score (nSPS) is 12.1. The van der Waals surface area contributed by atoms with Crippen molar-refractivity contribution in [3.05, 3.63) is 34.9 Å². The zero-order valence-corrected chi connectivity index (χ0v) is 8.95. The van der Waals surface area contributed by atoms with Crippen molar-refractivity contribution in [2.45, 2.75) is 18.9 Å². The first-order chi connectivity index (χ1) is 7.42. The molecule has 0 atom stereocenters. The number of rotatable bonds is 5. The number of halogens is 5. The van der Waals surface area contributed by atoms with Crippen LogP contribution in [0.4, 0.5) is 17.6 Å². The van der Waals surface area contributed by atoms with E-state index in [1.54, 1.807) is 24.3 Å². The minimum absolute atomic E-state index is 0.0723. The van der Waals surface area contributed by atoms with E-state index in [0.29, 0.717) is 10.6 Å². The van der Waals surface area contributed by atoms with E-state index in [1.807, 2.05) is 0 Å². The molecule has 0 aromatic heterocycles. The van der Waals surface area contributed by atoms with Crippen molar-refractivity contribution in [1.82, 2.24) is 5.32 Å². The third-order valence-electron chi connectivity index (χ3n) is 1.90. The van der Waals surface area contributed by atoms with Crippen LogP contribution in [0.1, 0.15) is 5.56 Å². The summed E-state index contributed by atoms with van der Waals surface area (Å²) in [7, 11) is 0. The zero-order chi connectivity index (χ0) is 12.2. The molecule has 0 amide bonds. The molecule has 0 spiro atoms. The van der Waals surface area contributed by atoms with E-state index < -0.39 is 18.9 Å². The summed E-state index contributed by atoms with van der Waals surface area (Å²) in [6.45, 7) is -0.986. The monoisotopic (exact) mass is 255 g/mol. The molecule has 0 heterocycles. The number of benzene rings is 1. The number of hydrogen-bond donors (Lipinski definition) is 1. The molecule has 1 rings (SSSR count). The second-order valence-electron chi connectivity index (χ2n) is 3.30. The van der Waals surface area contributed by atoms with Gasteiger partial charge >= 0.3 is 12.3 Å². The molecule has 1 N–H and O–H groups in total. The van der Waals surface area contributed by atoms with Crippen molar-refractivity contribution in [3.8, 4) is 0 Å². The van der Waals surface area contributed by atoms with Crippen molar-refractivity contribution in [2.75, 3.05) is 6.54 Å². The quantitative estimate of drug-likeness (QED) is 0.796. The van der Waals surface area contributed by atoms with Crippen molar-refractivity contribution in [1.29, 1.82) is 0 Å². The molecule has 6 heteroatoms. The average Bonchev–Trinajstić information content (AvgIpc) is 2.17. The van der Waals surface area contributed by atoms with Gasteiger partial charge in [-0.2, -0.15) is 8.78 Å². The molecule has 1 aromatic carbocycles. The van der Waals surface area contributed by atoms with E-state index in [4.69, 9.17) is 11.6 Å². The Hall–Kier alpha value is -0.810. The third-order valence-corrected chi connectivity index (χ3v) is 2.13. The number of nitrogens with one attached hydrogen (secondary N) is 1. The van der Waals surface area contributed by atoms with Gasteiger partial charge in [-0.05, 0) is 17.7 Å². The van der Waals surface area contributed by atoms with Crippen LogP contribution >= 0.6 is 11.6 Å². The van der Waals surface area contributed by atoms with Crippen LogP contribution in [-0.4, -0.2) is 18.9 Å². The lowest BCUT2D eigenvalue weighted by Crippen LogP contribution is -2.38. The molecule has 0 unspecified atom stereocenters. The van der Waals surface area contributed by atoms with E-state index in [1.165, 1.54) is 0 Å². The highest BCUT2D eigenvalue weighted by molar-refractivity contribution is 6.30. The van der Waals surface area contributed by atoms with Crippen LogP contribution < -0.4 is 5.32 Å². The highest BCUT2D eigenvalue weighted by atomic mass is 35.5. The number of hydrogen-bond acceptors (Lipinski definition) is 1. The summed E-state index contributed by atoms with van der Waals surface area (Å²) < 4.78 is 48.6. The molecule has 0 aliphatic heterocycles. The molecular weight excluding hydrogens is 246 g/mol. The summed E-state index contributed by atoms with van der Waals surface area (Å²) >= 11 is 5.67. The maximum absolute atomic E-state index is 12.5. The predicted molar refractivity (Wildman–Crippen MR) is 54.1 cm³/mol. The van der Waals surface area contributed by atoms with E-state index in [9.17, 15) is 17.6 Å². The summed E-state index contributed by atoms with van der Waals surface area (Å²) in [5, 5.41) is 2.73. The van der Waals surface area contributed by atoms with Crippen LogP contribution in [0.2, 0.25) is 5.02 Å². The number of alkyl halides is 4. The first-order valence-corrected chi connectivity index (χ1v) is 4.91. The second-order valence-corrected chi connectivity index (χ2v) is 3.73. The van der Waals surface area contributed by atoms with Gasteiger partial charge in [-0.3, -0.25) is 0 Å². The fourth-order valence-corrected chi connectivity index (χ4v) is 1.31. The fraction of sp³-hybridized carbons (Fsp3) is 0.400. The molecule has 0 aliphatic carbocycles. The van der Waals surface area contributed by atoms with Gasteiger partial charge in [-0.15, -0.1) is 0 Å². The standard InChI is InChI=1S/C10H10ClF4N/c11-8-3-1-2-7(4-8)5-16-6-10(14,15)9(12)13/h1-4,9,16H,5-6H2. The van der Waals surface area contributed by atoms with Crippen LogP contribution in [0, 0.1) is 0 Å². The maximum Gasteiger partial charge on any atom is 0.319 e. The third kappa shape index (κ3) is 3.98. The van der Waals surface area contributed by atoms with E-state index in [0.717, 1.165) is 0 Å². The Morgan fingerprint density at radius 3 is 2.56 bits per heavy atom. The molecule has 0 bridgehead atoms. The lowest BCUT2D eigenvalue weighted by molar-refractivity contribution is -0.125. The first kappa shape index (κ1) is 13.3. The topological polar surface area (TPSA) is 12.0 Å². The van der Waals surface area contributed by atoms with Gasteiger partial charge in [0.15, 0.2) is 0 Å². The second kappa shape index (κ2) is 5.50. The van der Waals surface area contributed by atoms with Crippen LogP contribution in [0.15, 0.2) is 24.3 Å². The van der Waals surface area contributed by atoms with E-state index >= 15 is 0 Å². The van der Waals surface area contributed by atoms with Crippen LogP contribution in [0.25, 0.3) is 0 Å². The van der Waals surface area contributed by atoms with Gasteiger partial charge in [0.25, 0.3) is 0 Å². The maximum atomic E-state index is 12.5. The molecule has 90 valence electrons. The smallest absolute Gasteiger partial charge is 0.307 e. The van der Waals surface area contributed by atoms with Gasteiger partial charge in [0, 0.05) is 11.6 Å². The van der Waals surface area contributed by atoms with Gasteiger partial charge in [0.05, 0.1) is 6.54 Å². The minimum Gasteiger partial charge on any atom is -0.307 e. The lowest BCUT2D eigenvalue weighted by atomic mass is 10.2. The summed E-state index contributed by atoms with van der Waals surface area (Å²) in [6.07, 6.45) is -3.65. The SMILES string of the molecule is FC(F)C(F)(F)CNCc1cccc(Cl)c1. The Labute approximate surface area is 95.4 Å². The molecule has 0 saturated carbocycles. The predicted octanol–water partition coefficient (Wildman–Crippen LogP) is 3.33. The molecule has 1 nitrogen and oxygen atoms in total. The molecule has 0 fully saturated rings. The molecule has 0 saturated heterocycles. The van der Waals surface area contributed by atoms with Gasteiger partial charge in [0.2, 0.25) is 0 Å². The Bertz CT molecular complexity index is 343. The van der Waals surface area contributed by atoms with Crippen molar-refractivity contribution in [2.24, 2.45) is 0 Å². The molecule has 0 radical (unpaired) electrons. The Morgan fingerprint density at radius 1 is 1.31 bits per heavy atom. The highest BCUT2D eigenvalue weighted by Crippen LogP contribution is 2.21.